The topological polar surface area (TPSA) is 131 Å². The van der Waals surface area contributed by atoms with E-state index in [0.29, 0.717) is 44.6 Å². The Morgan fingerprint density at radius 3 is 2.47 bits per heavy atom. The van der Waals surface area contributed by atoms with Crippen molar-refractivity contribution in [3.63, 3.8) is 0 Å². The number of amides is 2. The molecule has 9 nitrogen and oxygen atoms in total. The average molecular weight is 611 g/mol. The molecule has 9 heteroatoms. The van der Waals surface area contributed by atoms with Crippen LogP contribution in [0.15, 0.2) is 91.0 Å². The monoisotopic (exact) mass is 610 g/mol. The van der Waals surface area contributed by atoms with Gasteiger partial charge in [-0.15, -0.1) is 0 Å². The number of carboxylic acid groups (broad SMARTS) is 1. The maximum absolute atomic E-state index is 13.6. The third kappa shape index (κ3) is 9.38. The van der Waals surface area contributed by atoms with Crippen molar-refractivity contribution in [3.8, 4) is 0 Å². The van der Waals surface area contributed by atoms with Crippen molar-refractivity contribution < 1.29 is 24.6 Å². The van der Waals surface area contributed by atoms with Gasteiger partial charge in [0.15, 0.2) is 0 Å². The number of nitrogens with zero attached hydrogens (tertiary/aromatic N) is 1. The van der Waals surface area contributed by atoms with E-state index in [1.165, 1.54) is 16.3 Å². The van der Waals surface area contributed by atoms with E-state index in [-0.39, 0.29) is 18.3 Å². The van der Waals surface area contributed by atoms with E-state index in [0.717, 1.165) is 29.8 Å². The molecule has 4 aromatic rings. The van der Waals surface area contributed by atoms with E-state index in [1.807, 2.05) is 49.4 Å². The van der Waals surface area contributed by atoms with E-state index >= 15 is 0 Å². The van der Waals surface area contributed by atoms with E-state index in [2.05, 4.69) is 52.3 Å². The van der Waals surface area contributed by atoms with Crippen molar-refractivity contribution in [2.24, 2.45) is 0 Å². The number of anilines is 2. The predicted octanol–water partition coefficient (Wildman–Crippen LogP) is 4.63. The summed E-state index contributed by atoms with van der Waals surface area (Å²) >= 11 is 0. The van der Waals surface area contributed by atoms with E-state index in [4.69, 9.17) is 9.90 Å². The van der Waals surface area contributed by atoms with Gasteiger partial charge in [0, 0.05) is 43.0 Å². The van der Waals surface area contributed by atoms with Crippen LogP contribution in [0.1, 0.15) is 41.3 Å². The molecule has 1 fully saturated rings. The number of carbonyl (C=O) groups excluding carboxylic acids is 2. The summed E-state index contributed by atoms with van der Waals surface area (Å²) in [5, 5.41) is 30.4. The second-order valence-electron chi connectivity index (χ2n) is 11.0. The highest BCUT2D eigenvalue weighted by Crippen LogP contribution is 2.27. The first-order valence-corrected chi connectivity index (χ1v) is 15.4. The summed E-state index contributed by atoms with van der Waals surface area (Å²) in [5.41, 5.74) is 4.25. The maximum Gasteiger partial charge on any atom is 0.290 e. The molecule has 0 saturated carbocycles. The maximum atomic E-state index is 13.6. The summed E-state index contributed by atoms with van der Waals surface area (Å²) in [4.78, 5) is 36.2. The largest absolute Gasteiger partial charge is 0.483 e. The quantitative estimate of drug-likeness (QED) is 0.110. The Labute approximate surface area is 264 Å². The van der Waals surface area contributed by atoms with Gasteiger partial charge in [0.2, 0.25) is 5.91 Å². The Balaban J connectivity index is 0.00000148. The number of aliphatic hydroxyl groups is 1. The Morgan fingerprint density at radius 1 is 1.00 bits per heavy atom. The minimum atomic E-state index is -0.807. The summed E-state index contributed by atoms with van der Waals surface area (Å²) in [6.45, 7) is 4.13. The van der Waals surface area contributed by atoms with Gasteiger partial charge in [-0.25, -0.2) is 0 Å². The fraction of sp³-hybridized carbons (Fsp3) is 0.306. The number of hydrogen-bond acceptors (Lipinski definition) is 6. The molecule has 0 aliphatic carbocycles. The van der Waals surface area contributed by atoms with Gasteiger partial charge in [-0.1, -0.05) is 72.8 Å². The zero-order valence-corrected chi connectivity index (χ0v) is 25.6. The first kappa shape index (κ1) is 33.2. The number of hydrogen-bond donors (Lipinski definition) is 5. The lowest BCUT2D eigenvalue weighted by Crippen LogP contribution is -2.49. The third-order valence-corrected chi connectivity index (χ3v) is 7.83. The molecule has 0 radical (unpaired) electrons. The molecule has 1 heterocycles. The molecule has 5 N–H and O–H groups in total. The molecule has 45 heavy (non-hydrogen) atoms. The second kappa shape index (κ2) is 16.9. The summed E-state index contributed by atoms with van der Waals surface area (Å²) in [6, 6.07) is 29.6. The molecule has 236 valence electrons. The number of fused-ring (bicyclic) bond motifs is 1. The van der Waals surface area contributed by atoms with Gasteiger partial charge in [-0.3, -0.25) is 14.4 Å². The normalized spacial score (nSPS) is 13.9. The molecule has 5 rings (SSSR count). The molecule has 1 aliphatic rings. The molecule has 0 aromatic heterocycles. The van der Waals surface area contributed by atoms with Crippen LogP contribution in [0.5, 0.6) is 0 Å². The second-order valence-corrected chi connectivity index (χ2v) is 11.0. The number of carbonyl (C=O) groups is 3. The van der Waals surface area contributed by atoms with Gasteiger partial charge >= 0.3 is 0 Å². The minimum Gasteiger partial charge on any atom is -0.483 e. The Hall–Kier alpha value is -4.73. The molecule has 0 spiro atoms. The minimum absolute atomic E-state index is 0.0713. The fourth-order valence-electron chi connectivity index (χ4n) is 5.65. The molecule has 2 amide bonds. The zero-order valence-electron chi connectivity index (χ0n) is 25.6. The molecule has 2 atom stereocenters. The van der Waals surface area contributed by atoms with Crippen molar-refractivity contribution in [2.45, 2.75) is 44.8 Å². The van der Waals surface area contributed by atoms with Crippen molar-refractivity contribution in [3.05, 3.63) is 108 Å². The molecular formula is C36H42N4O5. The molecule has 0 unspecified atom stereocenters. The number of rotatable bonds is 13. The van der Waals surface area contributed by atoms with Crippen LogP contribution in [0.2, 0.25) is 0 Å². The first-order valence-electron chi connectivity index (χ1n) is 15.4. The Kier molecular flexibility index (Phi) is 12.5. The molecule has 4 aromatic carbocycles. The lowest BCUT2D eigenvalue weighted by Gasteiger charge is -2.25. The van der Waals surface area contributed by atoms with Gasteiger partial charge in [-0.05, 0) is 72.8 Å². The van der Waals surface area contributed by atoms with Gasteiger partial charge in [0.05, 0.1) is 12.1 Å². The standard InChI is InChI=1S/C35H40N4O3.CH2O2/c1-2-37-29-21-28(22-30(23-29)39-19-9-16-34(39)41)35(42)38-32(20-25-10-4-3-5-11-25)33(40)24-36-18-17-27-14-8-13-26-12-6-7-15-31(26)27;2-1-3/h3-8,10-15,21-23,32-33,36-37,40H,2,9,16-20,24H2,1H3,(H,38,42);1H,(H,2,3)/t32-,33+;/m0./s1. The van der Waals surface area contributed by atoms with Gasteiger partial charge < -0.3 is 31.1 Å². The van der Waals surface area contributed by atoms with Gasteiger partial charge in [-0.2, -0.15) is 0 Å². The van der Waals surface area contributed by atoms with Crippen molar-refractivity contribution in [2.75, 3.05) is 36.4 Å². The Morgan fingerprint density at radius 2 is 1.73 bits per heavy atom. The van der Waals surface area contributed by atoms with Gasteiger partial charge in [0.25, 0.3) is 12.4 Å². The molecular weight excluding hydrogens is 568 g/mol. The van der Waals surface area contributed by atoms with Crippen LogP contribution in [-0.4, -0.2) is 66.8 Å². The number of benzene rings is 4. The summed E-state index contributed by atoms with van der Waals surface area (Å²) in [5.74, 6) is -0.208. The number of aliphatic hydroxyl groups excluding tert-OH is 1. The SMILES string of the molecule is CCNc1cc(C(=O)N[C@@H](Cc2ccccc2)[C@H](O)CNCCc2cccc3ccccc23)cc(N2CCCC2=O)c1.O=CO. The smallest absolute Gasteiger partial charge is 0.290 e. The van der Waals surface area contributed by atoms with E-state index in [9.17, 15) is 14.7 Å². The summed E-state index contributed by atoms with van der Waals surface area (Å²) in [7, 11) is 0. The van der Waals surface area contributed by atoms with E-state index < -0.39 is 12.1 Å². The van der Waals surface area contributed by atoms with Crippen LogP contribution in [0.25, 0.3) is 10.8 Å². The molecule has 0 bridgehead atoms. The summed E-state index contributed by atoms with van der Waals surface area (Å²) in [6.07, 6.45) is 1.84. The highest BCUT2D eigenvalue weighted by molar-refractivity contribution is 6.00. The zero-order chi connectivity index (χ0) is 32.0. The van der Waals surface area contributed by atoms with Gasteiger partial charge in [0.1, 0.15) is 0 Å². The van der Waals surface area contributed by atoms with Crippen molar-refractivity contribution in [1.82, 2.24) is 10.6 Å². The van der Waals surface area contributed by atoms with Crippen LogP contribution >= 0.6 is 0 Å². The first-order chi connectivity index (χ1) is 21.9. The molecule has 1 aliphatic heterocycles. The average Bonchev–Trinajstić information content (AvgIpc) is 3.49. The highest BCUT2D eigenvalue weighted by atomic mass is 16.3. The lowest BCUT2D eigenvalue weighted by atomic mass is 10.00. The fourth-order valence-corrected chi connectivity index (χ4v) is 5.65. The van der Waals surface area contributed by atoms with Crippen LogP contribution < -0.4 is 20.9 Å². The van der Waals surface area contributed by atoms with Crippen LogP contribution in [0.3, 0.4) is 0 Å². The summed E-state index contributed by atoms with van der Waals surface area (Å²) < 4.78 is 0. The van der Waals surface area contributed by atoms with Crippen LogP contribution in [-0.2, 0) is 22.4 Å². The number of nitrogens with one attached hydrogen (secondary N) is 3. The third-order valence-electron chi connectivity index (χ3n) is 7.83. The van der Waals surface area contributed by atoms with Crippen molar-refractivity contribution in [1.29, 1.82) is 0 Å². The van der Waals surface area contributed by atoms with Crippen molar-refractivity contribution >= 4 is 40.4 Å². The predicted molar refractivity (Wildman–Crippen MR) is 179 cm³/mol. The highest BCUT2D eigenvalue weighted by Gasteiger charge is 2.25. The van der Waals surface area contributed by atoms with E-state index in [1.54, 1.807) is 17.0 Å². The van der Waals surface area contributed by atoms with Crippen LogP contribution in [0, 0.1) is 0 Å². The lowest BCUT2D eigenvalue weighted by molar-refractivity contribution is -0.123. The van der Waals surface area contributed by atoms with Crippen LogP contribution in [0.4, 0.5) is 11.4 Å². The Bertz CT molecular complexity index is 1560. The molecule has 1 saturated heterocycles.